The van der Waals surface area contributed by atoms with Crippen molar-refractivity contribution in [3.63, 3.8) is 0 Å². The van der Waals surface area contributed by atoms with Crippen LogP contribution in [0.2, 0.25) is 0 Å². The Morgan fingerprint density at radius 2 is 1.82 bits per heavy atom. The maximum Gasteiger partial charge on any atom is 0.255 e. The average Bonchev–Trinajstić information content (AvgIpc) is 3.10. The molecule has 0 spiro atoms. The quantitative estimate of drug-likeness (QED) is 0.938. The van der Waals surface area contributed by atoms with E-state index in [1.807, 2.05) is 18.2 Å². The van der Waals surface area contributed by atoms with E-state index in [4.69, 9.17) is 4.74 Å². The third-order valence-corrected chi connectivity index (χ3v) is 3.93. The Morgan fingerprint density at radius 1 is 1.09 bits per heavy atom. The van der Waals surface area contributed by atoms with Crippen LogP contribution < -0.4 is 15.0 Å². The lowest BCUT2D eigenvalue weighted by molar-refractivity contribution is 0.102. The Kier molecular flexibility index (Phi) is 4.28. The van der Waals surface area contributed by atoms with E-state index < -0.39 is 0 Å². The highest BCUT2D eigenvalue weighted by Crippen LogP contribution is 2.23. The lowest BCUT2D eigenvalue weighted by Gasteiger charge is -2.18. The van der Waals surface area contributed by atoms with Gasteiger partial charge in [0.25, 0.3) is 5.91 Å². The minimum absolute atomic E-state index is 0.110. The Morgan fingerprint density at radius 3 is 2.50 bits per heavy atom. The van der Waals surface area contributed by atoms with E-state index in [0.29, 0.717) is 5.56 Å². The van der Waals surface area contributed by atoms with Gasteiger partial charge in [0.1, 0.15) is 5.75 Å². The van der Waals surface area contributed by atoms with Gasteiger partial charge in [-0.1, -0.05) is 6.07 Å². The molecule has 0 aliphatic carbocycles. The average molecular weight is 296 g/mol. The van der Waals surface area contributed by atoms with Crippen molar-refractivity contribution >= 4 is 17.3 Å². The van der Waals surface area contributed by atoms with Crippen molar-refractivity contribution in [2.75, 3.05) is 30.4 Å². The molecule has 1 aliphatic rings. The van der Waals surface area contributed by atoms with Crippen LogP contribution in [-0.4, -0.2) is 26.1 Å². The molecule has 1 heterocycles. The monoisotopic (exact) mass is 296 g/mol. The summed E-state index contributed by atoms with van der Waals surface area (Å²) in [5, 5.41) is 2.95. The summed E-state index contributed by atoms with van der Waals surface area (Å²) in [5.41, 5.74) is 2.61. The number of benzene rings is 2. The van der Waals surface area contributed by atoms with Gasteiger partial charge in [-0.3, -0.25) is 4.79 Å². The van der Waals surface area contributed by atoms with Crippen LogP contribution in [0.3, 0.4) is 0 Å². The fraction of sp³-hybridized carbons (Fsp3) is 0.278. The van der Waals surface area contributed by atoms with Crippen molar-refractivity contribution in [1.82, 2.24) is 0 Å². The standard InChI is InChI=1S/C18H20N2O2/c1-22-17-9-7-14(8-10-17)18(21)19-15-5-4-6-16(13-15)20-11-2-3-12-20/h4-10,13H,2-3,11-12H2,1H3,(H,19,21). The van der Waals surface area contributed by atoms with Gasteiger partial charge in [0.2, 0.25) is 0 Å². The normalized spacial score (nSPS) is 14.0. The lowest BCUT2D eigenvalue weighted by atomic mass is 10.2. The first-order chi connectivity index (χ1) is 10.8. The molecule has 0 saturated carbocycles. The van der Waals surface area contributed by atoms with Gasteiger partial charge in [0.15, 0.2) is 0 Å². The van der Waals surface area contributed by atoms with Crippen molar-refractivity contribution in [1.29, 1.82) is 0 Å². The number of hydrogen-bond acceptors (Lipinski definition) is 3. The number of methoxy groups -OCH3 is 1. The lowest BCUT2D eigenvalue weighted by Crippen LogP contribution is -2.18. The number of nitrogens with one attached hydrogen (secondary N) is 1. The van der Waals surface area contributed by atoms with Crippen LogP contribution >= 0.6 is 0 Å². The SMILES string of the molecule is COc1ccc(C(=O)Nc2cccc(N3CCCC3)c2)cc1. The first kappa shape index (κ1) is 14.4. The van der Waals surface area contributed by atoms with Crippen LogP contribution in [0.4, 0.5) is 11.4 Å². The van der Waals surface area contributed by atoms with Gasteiger partial charge in [-0.25, -0.2) is 0 Å². The van der Waals surface area contributed by atoms with Crippen molar-refractivity contribution in [2.24, 2.45) is 0 Å². The second-order valence-electron chi connectivity index (χ2n) is 5.43. The van der Waals surface area contributed by atoms with Gasteiger partial charge in [-0.05, 0) is 55.3 Å². The zero-order valence-corrected chi connectivity index (χ0v) is 12.7. The molecule has 0 radical (unpaired) electrons. The third kappa shape index (κ3) is 3.22. The summed E-state index contributed by atoms with van der Waals surface area (Å²) in [6, 6.07) is 15.1. The van der Waals surface area contributed by atoms with Gasteiger partial charge in [-0.15, -0.1) is 0 Å². The third-order valence-electron chi connectivity index (χ3n) is 3.93. The molecule has 4 heteroatoms. The first-order valence-corrected chi connectivity index (χ1v) is 7.57. The molecule has 2 aromatic carbocycles. The van der Waals surface area contributed by atoms with Gasteiger partial charge >= 0.3 is 0 Å². The smallest absolute Gasteiger partial charge is 0.255 e. The molecule has 4 nitrogen and oxygen atoms in total. The molecular formula is C18H20N2O2. The number of anilines is 2. The maximum atomic E-state index is 12.3. The summed E-state index contributed by atoms with van der Waals surface area (Å²) < 4.78 is 5.10. The number of carbonyl (C=O) groups excluding carboxylic acids is 1. The maximum absolute atomic E-state index is 12.3. The highest BCUT2D eigenvalue weighted by molar-refractivity contribution is 6.04. The molecule has 2 aromatic rings. The number of ether oxygens (including phenoxy) is 1. The van der Waals surface area contributed by atoms with Crippen molar-refractivity contribution in [2.45, 2.75) is 12.8 Å². The minimum Gasteiger partial charge on any atom is -0.497 e. The summed E-state index contributed by atoms with van der Waals surface area (Å²) >= 11 is 0. The van der Waals surface area contributed by atoms with Crippen molar-refractivity contribution in [3.05, 3.63) is 54.1 Å². The topological polar surface area (TPSA) is 41.6 Å². The van der Waals surface area contributed by atoms with E-state index in [1.165, 1.54) is 18.5 Å². The summed E-state index contributed by atoms with van der Waals surface area (Å²) in [6.45, 7) is 2.19. The molecule has 1 aliphatic heterocycles. The van der Waals surface area contributed by atoms with Gasteiger partial charge < -0.3 is 15.0 Å². The van der Waals surface area contributed by atoms with Gasteiger partial charge in [-0.2, -0.15) is 0 Å². The molecule has 1 fully saturated rings. The minimum atomic E-state index is -0.110. The van der Waals surface area contributed by atoms with Crippen LogP contribution in [0.1, 0.15) is 23.2 Å². The van der Waals surface area contributed by atoms with E-state index in [1.54, 1.807) is 31.4 Å². The van der Waals surface area contributed by atoms with Crippen molar-refractivity contribution < 1.29 is 9.53 Å². The Balaban J connectivity index is 1.71. The molecule has 3 rings (SSSR count). The zero-order valence-electron chi connectivity index (χ0n) is 12.7. The van der Waals surface area contributed by atoms with Crippen LogP contribution in [0.15, 0.2) is 48.5 Å². The molecule has 0 aromatic heterocycles. The van der Waals surface area contributed by atoms with Crippen LogP contribution in [0.25, 0.3) is 0 Å². The van der Waals surface area contributed by atoms with E-state index in [9.17, 15) is 4.79 Å². The fourth-order valence-corrected chi connectivity index (χ4v) is 2.70. The highest BCUT2D eigenvalue weighted by atomic mass is 16.5. The first-order valence-electron chi connectivity index (χ1n) is 7.57. The number of amides is 1. The number of rotatable bonds is 4. The second kappa shape index (κ2) is 6.52. The predicted octanol–water partition coefficient (Wildman–Crippen LogP) is 3.55. The fourth-order valence-electron chi connectivity index (χ4n) is 2.70. The number of nitrogens with zero attached hydrogens (tertiary/aromatic N) is 1. The van der Waals surface area contributed by atoms with Crippen LogP contribution in [0, 0.1) is 0 Å². The van der Waals surface area contributed by atoms with E-state index in [0.717, 1.165) is 24.5 Å². The van der Waals surface area contributed by atoms with Crippen molar-refractivity contribution in [3.8, 4) is 5.75 Å². The molecular weight excluding hydrogens is 276 g/mol. The van der Waals surface area contributed by atoms with E-state index in [-0.39, 0.29) is 5.91 Å². The summed E-state index contributed by atoms with van der Waals surface area (Å²) in [6.07, 6.45) is 2.48. The summed E-state index contributed by atoms with van der Waals surface area (Å²) in [7, 11) is 1.61. The van der Waals surface area contributed by atoms with E-state index >= 15 is 0 Å². The Labute approximate surface area is 130 Å². The number of carbonyl (C=O) groups is 1. The van der Waals surface area contributed by atoms with Gasteiger partial charge in [0, 0.05) is 30.0 Å². The molecule has 0 bridgehead atoms. The number of hydrogen-bond donors (Lipinski definition) is 1. The molecule has 114 valence electrons. The molecule has 1 N–H and O–H groups in total. The van der Waals surface area contributed by atoms with Gasteiger partial charge in [0.05, 0.1) is 7.11 Å². The molecule has 1 saturated heterocycles. The van der Waals surface area contributed by atoms with E-state index in [2.05, 4.69) is 16.3 Å². The van der Waals surface area contributed by atoms with Crippen LogP contribution in [-0.2, 0) is 0 Å². The molecule has 22 heavy (non-hydrogen) atoms. The van der Waals surface area contributed by atoms with Crippen LogP contribution in [0.5, 0.6) is 5.75 Å². The Bertz CT molecular complexity index is 646. The Hall–Kier alpha value is -2.49. The summed E-state index contributed by atoms with van der Waals surface area (Å²) in [4.78, 5) is 14.6. The summed E-state index contributed by atoms with van der Waals surface area (Å²) in [5.74, 6) is 0.633. The zero-order chi connectivity index (χ0) is 15.4. The largest absolute Gasteiger partial charge is 0.497 e. The predicted molar refractivity (Wildman–Crippen MR) is 88.8 cm³/mol. The molecule has 0 unspecified atom stereocenters. The highest BCUT2D eigenvalue weighted by Gasteiger charge is 2.13. The molecule has 0 atom stereocenters. The molecule has 1 amide bonds. The second-order valence-corrected chi connectivity index (χ2v) is 5.43.